The van der Waals surface area contributed by atoms with E-state index < -0.39 is 44.3 Å². The zero-order valence-electron chi connectivity index (χ0n) is 25.6. The maximum absolute atomic E-state index is 13.5. The van der Waals surface area contributed by atoms with Crippen molar-refractivity contribution in [2.45, 2.75) is 32.1 Å². The van der Waals surface area contributed by atoms with Crippen LogP contribution in [0.5, 0.6) is 0 Å². The van der Waals surface area contributed by atoms with Crippen LogP contribution in [-0.2, 0) is 33.2 Å². The molecule has 10 heteroatoms. The number of alkyl halides is 6. The minimum atomic E-state index is -4.90. The van der Waals surface area contributed by atoms with Gasteiger partial charge in [-0.1, -0.05) is 96.4 Å². The molecule has 1 aliphatic heterocycles. The first-order valence-corrected chi connectivity index (χ1v) is 22.1. The number of halogens is 8. The first-order chi connectivity index (χ1) is 22.8. The number of hydrogen-bond donors (Lipinski definition) is 0. The van der Waals surface area contributed by atoms with Gasteiger partial charge < -0.3 is 0 Å². The summed E-state index contributed by atoms with van der Waals surface area (Å²) in [6, 6.07) is 36.8. The first-order valence-electron chi connectivity index (χ1n) is 14.7. The van der Waals surface area contributed by atoms with Crippen LogP contribution in [0.4, 0.5) is 26.3 Å². The van der Waals surface area contributed by atoms with Crippen molar-refractivity contribution in [2.24, 2.45) is 0 Å². The number of fused-ring (bicyclic) bond motifs is 4. The first kappa shape index (κ1) is 36.3. The number of hydrogen-bond acceptors (Lipinski definition) is 0. The van der Waals surface area contributed by atoms with Crippen LogP contribution < -0.4 is 10.4 Å². The standard InChI is InChI=1S/C26H19F6.C12H7Si.2ClH.Zr/c1-15(2)22-9-8-17-10-18(16-6-4-3-5-7-16)13-23(17)24(22)19-11-20(25(27,28)29)14-21(12-19)26(30,31)32;1-3-7-11-9(5-1)10-6-2-4-8-12(10)13-11;;;/h3-15H,1-2H3;1-7H;2*1H;/q2*-1;;;+4/p-2. The Hall–Kier alpha value is -3.03. The van der Waals surface area contributed by atoms with E-state index >= 15 is 0 Å². The van der Waals surface area contributed by atoms with Crippen molar-refractivity contribution in [3.8, 4) is 33.4 Å². The van der Waals surface area contributed by atoms with Crippen molar-refractivity contribution in [2.75, 3.05) is 0 Å². The molecule has 7 rings (SSSR count). The molecule has 0 fully saturated rings. The molecule has 0 aliphatic carbocycles. The van der Waals surface area contributed by atoms with E-state index in [1.165, 1.54) is 21.5 Å². The SMILES string of the molecule is CC(C)c1ccc2[cH-]c(-c3ccccc3)cc2c1-c1cc(C(F)(F)F)cc(C(F)(F)F)c1.[Cl][Zr+2][Cl].[c-]1cccc2c1[Si]c1ccccc1-2. The third-order valence-corrected chi connectivity index (χ3v) is 9.23. The van der Waals surface area contributed by atoms with E-state index in [0.717, 1.165) is 38.2 Å². The van der Waals surface area contributed by atoms with E-state index in [9.17, 15) is 26.3 Å². The van der Waals surface area contributed by atoms with Crippen LogP contribution in [-0.4, -0.2) is 9.52 Å². The van der Waals surface area contributed by atoms with Gasteiger partial charge in [0.1, 0.15) is 0 Å². The molecule has 6 aromatic carbocycles. The van der Waals surface area contributed by atoms with Crippen LogP contribution in [0.25, 0.3) is 44.2 Å². The van der Waals surface area contributed by atoms with Gasteiger partial charge in [0.2, 0.25) is 0 Å². The second-order valence-corrected chi connectivity index (χ2v) is 16.3. The van der Waals surface area contributed by atoms with Crippen molar-refractivity contribution in [1.29, 1.82) is 0 Å². The van der Waals surface area contributed by atoms with Gasteiger partial charge in [0, 0.05) is 0 Å². The molecule has 2 radical (unpaired) electrons. The molecule has 1 aliphatic rings. The fourth-order valence-corrected chi connectivity index (χ4v) is 7.03. The molecule has 0 saturated heterocycles. The van der Waals surface area contributed by atoms with Crippen LogP contribution in [0.1, 0.15) is 36.5 Å². The van der Waals surface area contributed by atoms with E-state index in [4.69, 9.17) is 17.0 Å². The fourth-order valence-electron chi connectivity index (χ4n) is 5.72. The Morgan fingerprint density at radius 3 is 1.94 bits per heavy atom. The molecule has 242 valence electrons. The van der Waals surface area contributed by atoms with Gasteiger partial charge in [-0.05, 0) is 35.2 Å². The smallest absolute Gasteiger partial charge is 0.0920 e. The molecular weight excluding hydrogens is 761 g/mol. The predicted molar refractivity (Wildman–Crippen MR) is 182 cm³/mol. The van der Waals surface area contributed by atoms with Gasteiger partial charge in [-0.15, -0.1) is 40.1 Å². The Labute approximate surface area is 296 Å². The normalized spacial score (nSPS) is 12.0. The molecule has 0 nitrogen and oxygen atoms in total. The number of benzene rings is 5. The van der Waals surface area contributed by atoms with E-state index in [-0.39, 0.29) is 17.5 Å². The van der Waals surface area contributed by atoms with Crippen molar-refractivity contribution in [1.82, 2.24) is 0 Å². The Balaban J connectivity index is 0.000000231. The summed E-state index contributed by atoms with van der Waals surface area (Å²) >= 11 is -0.826. The second-order valence-electron chi connectivity index (χ2n) is 11.3. The van der Waals surface area contributed by atoms with Crippen LogP contribution in [0.2, 0.25) is 0 Å². The van der Waals surface area contributed by atoms with Gasteiger partial charge in [-0.2, -0.15) is 55.8 Å². The largest absolute Gasteiger partial charge is 0.184 e. The summed E-state index contributed by atoms with van der Waals surface area (Å²) in [7, 11) is 10.7. The second kappa shape index (κ2) is 15.2. The summed E-state index contributed by atoms with van der Waals surface area (Å²) in [5.74, 6) is -0.103. The van der Waals surface area contributed by atoms with Gasteiger partial charge >= 0.3 is 50.2 Å². The monoisotopic (exact) mass is 784 g/mol. The van der Waals surface area contributed by atoms with E-state index in [1.807, 2.05) is 68.4 Å². The predicted octanol–water partition coefficient (Wildman–Crippen LogP) is 11.6. The zero-order chi connectivity index (χ0) is 34.6. The molecular formula is C38H26Cl2F6SiZr. The molecule has 48 heavy (non-hydrogen) atoms. The van der Waals surface area contributed by atoms with E-state index in [2.05, 4.69) is 42.5 Å². The Bertz CT molecular complexity index is 1940. The third kappa shape index (κ3) is 8.22. The van der Waals surface area contributed by atoms with Crippen molar-refractivity contribution in [3.63, 3.8) is 0 Å². The minimum absolute atomic E-state index is 0.0911. The quantitative estimate of drug-likeness (QED) is 0.0951. The Morgan fingerprint density at radius 1 is 0.708 bits per heavy atom. The van der Waals surface area contributed by atoms with Crippen molar-refractivity contribution in [3.05, 3.63) is 138 Å². The minimum Gasteiger partial charge on any atom is -0.184 e. The summed E-state index contributed by atoms with van der Waals surface area (Å²) in [6.07, 6.45) is -9.80. The van der Waals surface area contributed by atoms with Crippen molar-refractivity contribution < 1.29 is 47.2 Å². The molecule has 0 amide bonds. The summed E-state index contributed by atoms with van der Waals surface area (Å²) in [4.78, 5) is 0. The summed E-state index contributed by atoms with van der Waals surface area (Å²) < 4.78 is 80.9. The van der Waals surface area contributed by atoms with Crippen LogP contribution in [0, 0.1) is 6.07 Å². The topological polar surface area (TPSA) is 0 Å². The Kier molecular flexibility index (Phi) is 11.5. The van der Waals surface area contributed by atoms with Gasteiger partial charge in [0.05, 0.1) is 20.6 Å². The van der Waals surface area contributed by atoms with E-state index in [1.54, 1.807) is 6.07 Å². The summed E-state index contributed by atoms with van der Waals surface area (Å²) in [6.45, 7) is 3.73. The van der Waals surface area contributed by atoms with E-state index in [0.29, 0.717) is 16.5 Å². The average molecular weight is 787 g/mol. The maximum atomic E-state index is 13.5. The fraction of sp³-hybridized carbons (Fsp3) is 0.132. The van der Waals surface area contributed by atoms with Crippen molar-refractivity contribution >= 4 is 47.7 Å². The number of rotatable bonds is 3. The van der Waals surface area contributed by atoms with Crippen LogP contribution in [0.15, 0.2) is 115 Å². The molecule has 0 N–H and O–H groups in total. The van der Waals surface area contributed by atoms with Gasteiger partial charge in [0.15, 0.2) is 0 Å². The molecule has 0 aromatic heterocycles. The average Bonchev–Trinajstić information content (AvgIpc) is 3.66. The summed E-state index contributed by atoms with van der Waals surface area (Å²) in [5.41, 5.74) is 2.90. The van der Waals surface area contributed by atoms with Crippen LogP contribution in [0.3, 0.4) is 0 Å². The molecule has 0 bridgehead atoms. The molecule has 1 heterocycles. The zero-order valence-corrected chi connectivity index (χ0v) is 30.5. The van der Waals surface area contributed by atoms with Gasteiger partial charge in [0.25, 0.3) is 0 Å². The molecule has 0 unspecified atom stereocenters. The van der Waals surface area contributed by atoms with Gasteiger partial charge in [-0.3, -0.25) is 0 Å². The van der Waals surface area contributed by atoms with Gasteiger partial charge in [-0.25, -0.2) is 0 Å². The molecule has 0 atom stereocenters. The molecule has 0 spiro atoms. The maximum Gasteiger partial charge on any atom is 0.0920 e. The molecule has 0 saturated carbocycles. The Morgan fingerprint density at radius 2 is 1.31 bits per heavy atom. The molecule has 6 aromatic rings. The summed E-state index contributed by atoms with van der Waals surface area (Å²) in [5, 5.41) is 4.21. The van der Waals surface area contributed by atoms with Crippen LogP contribution >= 0.6 is 17.0 Å². The third-order valence-electron chi connectivity index (χ3n) is 7.86.